The van der Waals surface area contributed by atoms with Gasteiger partial charge >= 0.3 is 11.9 Å². The van der Waals surface area contributed by atoms with Crippen molar-refractivity contribution in [3.8, 4) is 0 Å². The minimum absolute atomic E-state index is 0.0223. The molecule has 0 saturated carbocycles. The quantitative estimate of drug-likeness (QED) is 0.0343. The van der Waals surface area contributed by atoms with Crippen molar-refractivity contribution in [1.29, 1.82) is 0 Å². The highest BCUT2D eigenvalue weighted by atomic mass is 32.2. The van der Waals surface area contributed by atoms with E-state index < -0.39 is 49.2 Å². The van der Waals surface area contributed by atoms with Crippen molar-refractivity contribution in [2.75, 3.05) is 30.0 Å². The number of amides is 2. The SMILES string of the molecule is CCCCCCCCCC(=O)N[C@H](CSC[C@@H](COC(=O)CCCCCCCCC)OC(=O)CCCCCCCCC)C(=O)Nc1cn([C@H]2OC(CO)[C@@H](O)[C@@H]2O)nn1. The fraction of sp³-hybridized carbons (Fsp3) is 0.860. The number of aliphatic hydroxyl groups is 3. The molecule has 1 aromatic rings. The number of ether oxygens (including phenoxy) is 3. The predicted octanol–water partition coefficient (Wildman–Crippen LogP) is 6.92. The molecule has 1 fully saturated rings. The number of anilines is 1. The molecule has 0 aromatic carbocycles. The van der Waals surface area contributed by atoms with E-state index in [1.54, 1.807) is 0 Å². The zero-order valence-electron chi connectivity index (χ0n) is 36.3. The summed E-state index contributed by atoms with van der Waals surface area (Å²) in [7, 11) is 0. The van der Waals surface area contributed by atoms with Crippen LogP contribution in [0.3, 0.4) is 0 Å². The van der Waals surface area contributed by atoms with E-state index in [1.165, 1.54) is 69.3 Å². The molecule has 1 aliphatic heterocycles. The van der Waals surface area contributed by atoms with Gasteiger partial charge in [-0.1, -0.05) is 142 Å². The zero-order chi connectivity index (χ0) is 43.1. The Morgan fingerprint density at radius 3 is 1.81 bits per heavy atom. The van der Waals surface area contributed by atoms with E-state index in [-0.39, 0.29) is 54.6 Å². The van der Waals surface area contributed by atoms with E-state index in [2.05, 4.69) is 41.7 Å². The molecule has 59 heavy (non-hydrogen) atoms. The van der Waals surface area contributed by atoms with E-state index in [4.69, 9.17) is 14.2 Å². The van der Waals surface area contributed by atoms with Crippen molar-refractivity contribution in [1.82, 2.24) is 20.3 Å². The smallest absolute Gasteiger partial charge is 0.306 e. The Morgan fingerprint density at radius 1 is 0.746 bits per heavy atom. The van der Waals surface area contributed by atoms with E-state index in [1.807, 2.05) is 0 Å². The number of hydrogen-bond acceptors (Lipinski definition) is 13. The number of thioether (sulfide) groups is 1. The second-order valence-electron chi connectivity index (χ2n) is 15.9. The Balaban J connectivity index is 2.04. The molecule has 1 saturated heterocycles. The van der Waals surface area contributed by atoms with E-state index in [9.17, 15) is 34.5 Å². The van der Waals surface area contributed by atoms with Crippen molar-refractivity contribution in [3.05, 3.63) is 6.20 Å². The lowest BCUT2D eigenvalue weighted by Gasteiger charge is -2.21. The van der Waals surface area contributed by atoms with Crippen molar-refractivity contribution in [2.24, 2.45) is 0 Å². The number of aromatic nitrogens is 3. The van der Waals surface area contributed by atoms with Crippen LogP contribution < -0.4 is 10.6 Å². The number of aliphatic hydroxyl groups excluding tert-OH is 3. The summed E-state index contributed by atoms with van der Waals surface area (Å²) in [5, 5.41) is 43.4. The van der Waals surface area contributed by atoms with Crippen LogP contribution in [0.5, 0.6) is 0 Å². The monoisotopic (exact) mass is 856 g/mol. The molecule has 16 heteroatoms. The van der Waals surface area contributed by atoms with Gasteiger partial charge in [0, 0.05) is 30.8 Å². The van der Waals surface area contributed by atoms with Gasteiger partial charge in [-0.3, -0.25) is 19.2 Å². The number of unbranched alkanes of at least 4 members (excludes halogenated alkanes) is 18. The summed E-state index contributed by atoms with van der Waals surface area (Å²) in [6.07, 6.45) is 18.9. The lowest BCUT2D eigenvalue weighted by atomic mass is 10.1. The number of carbonyl (C=O) groups is 4. The summed E-state index contributed by atoms with van der Waals surface area (Å²) in [6.45, 7) is 5.92. The van der Waals surface area contributed by atoms with Gasteiger partial charge in [0.2, 0.25) is 11.8 Å². The molecular formula is C43H77N5O10S. The van der Waals surface area contributed by atoms with Crippen LogP contribution in [0.25, 0.3) is 0 Å². The highest BCUT2D eigenvalue weighted by molar-refractivity contribution is 7.99. The Morgan fingerprint density at radius 2 is 1.27 bits per heavy atom. The van der Waals surface area contributed by atoms with Crippen LogP contribution in [0, 0.1) is 0 Å². The van der Waals surface area contributed by atoms with Gasteiger partial charge in [0.1, 0.15) is 37.1 Å². The molecule has 15 nitrogen and oxygen atoms in total. The average molecular weight is 856 g/mol. The molecule has 1 aromatic heterocycles. The third-order valence-electron chi connectivity index (χ3n) is 10.5. The number of nitrogens with zero attached hydrogens (tertiary/aromatic N) is 3. The van der Waals surface area contributed by atoms with E-state index in [0.717, 1.165) is 81.7 Å². The van der Waals surface area contributed by atoms with Crippen molar-refractivity contribution in [3.63, 3.8) is 0 Å². The van der Waals surface area contributed by atoms with Gasteiger partial charge in [0.25, 0.3) is 0 Å². The van der Waals surface area contributed by atoms with Crippen LogP contribution in [0.1, 0.15) is 181 Å². The second-order valence-corrected chi connectivity index (χ2v) is 16.9. The van der Waals surface area contributed by atoms with Crippen LogP contribution in [0.4, 0.5) is 5.82 Å². The molecule has 2 rings (SSSR count). The van der Waals surface area contributed by atoms with Gasteiger partial charge in [-0.2, -0.15) is 11.8 Å². The van der Waals surface area contributed by atoms with E-state index in [0.29, 0.717) is 12.8 Å². The number of nitrogens with one attached hydrogen (secondary N) is 2. The number of esters is 2. The van der Waals surface area contributed by atoms with Crippen molar-refractivity contribution >= 4 is 41.3 Å². The summed E-state index contributed by atoms with van der Waals surface area (Å²) in [5.41, 5.74) is 0. The van der Waals surface area contributed by atoms with Crippen LogP contribution in [-0.4, -0.2) is 109 Å². The highest BCUT2D eigenvalue weighted by Crippen LogP contribution is 2.29. The maximum absolute atomic E-state index is 13.6. The third kappa shape index (κ3) is 23.1. The van der Waals surface area contributed by atoms with Crippen LogP contribution in [0.2, 0.25) is 0 Å². The molecule has 0 aliphatic carbocycles. The molecule has 0 spiro atoms. The van der Waals surface area contributed by atoms with Crippen LogP contribution >= 0.6 is 11.8 Å². The predicted molar refractivity (Wildman–Crippen MR) is 230 cm³/mol. The molecule has 1 unspecified atom stereocenters. The first kappa shape index (κ1) is 52.3. The maximum Gasteiger partial charge on any atom is 0.306 e. The fourth-order valence-electron chi connectivity index (χ4n) is 6.85. The van der Waals surface area contributed by atoms with Crippen LogP contribution in [0.15, 0.2) is 6.20 Å². The molecule has 6 atom stereocenters. The molecule has 5 N–H and O–H groups in total. The van der Waals surface area contributed by atoms with Crippen molar-refractivity contribution in [2.45, 2.75) is 212 Å². The number of hydrogen-bond donors (Lipinski definition) is 5. The largest absolute Gasteiger partial charge is 0.462 e. The Labute approximate surface area is 357 Å². The number of rotatable bonds is 36. The van der Waals surface area contributed by atoms with Gasteiger partial charge in [-0.15, -0.1) is 5.10 Å². The number of carbonyl (C=O) groups excluding carboxylic acids is 4. The Kier molecular flexibility index (Phi) is 29.2. The third-order valence-corrected chi connectivity index (χ3v) is 11.7. The second kappa shape index (κ2) is 32.9. The topological polar surface area (TPSA) is 211 Å². The average Bonchev–Trinajstić information content (AvgIpc) is 3.80. The molecule has 1 aliphatic rings. The molecule has 2 heterocycles. The summed E-state index contributed by atoms with van der Waals surface area (Å²) in [4.78, 5) is 52.3. The minimum atomic E-state index is -1.38. The van der Waals surface area contributed by atoms with Crippen LogP contribution in [-0.2, 0) is 33.4 Å². The summed E-state index contributed by atoms with van der Waals surface area (Å²) >= 11 is 1.29. The summed E-state index contributed by atoms with van der Waals surface area (Å²) in [5.74, 6) is -1.16. The molecule has 2 amide bonds. The first-order valence-corrected chi connectivity index (χ1v) is 23.9. The van der Waals surface area contributed by atoms with Gasteiger partial charge < -0.3 is 40.2 Å². The zero-order valence-corrected chi connectivity index (χ0v) is 37.1. The lowest BCUT2D eigenvalue weighted by molar-refractivity contribution is -0.157. The Hall–Kier alpha value is -2.79. The summed E-state index contributed by atoms with van der Waals surface area (Å²) < 4.78 is 18.0. The van der Waals surface area contributed by atoms with Gasteiger partial charge in [0.05, 0.1) is 12.8 Å². The van der Waals surface area contributed by atoms with Crippen molar-refractivity contribution < 1.29 is 48.7 Å². The first-order chi connectivity index (χ1) is 28.6. The summed E-state index contributed by atoms with van der Waals surface area (Å²) in [6, 6.07) is -1.000. The Bertz CT molecular complexity index is 1290. The molecule has 0 bridgehead atoms. The molecular weight excluding hydrogens is 779 g/mol. The maximum atomic E-state index is 13.6. The van der Waals surface area contributed by atoms with Gasteiger partial charge in [-0.05, 0) is 19.3 Å². The van der Waals surface area contributed by atoms with Gasteiger partial charge in [-0.25, -0.2) is 4.68 Å². The normalized spacial score (nSPS) is 18.7. The standard InChI is InChI=1S/C43H77N5O10S/c1-4-7-10-13-16-19-22-25-37(50)44-34(42(55)45-36-28-48(47-46-36)43-41(54)40(53)35(29-49)58-43)32-59-31-33(57-39(52)27-24-21-18-15-12-9-6-3)30-56-38(51)26-23-20-17-14-11-8-5-2/h28,33-35,40-41,43,49,53-54H,4-27,29-32H2,1-3H3,(H,44,50)(H,45,55)/t33-,34-,35?,40-,41+,43+/m1/s1. The molecule has 340 valence electrons. The first-order valence-electron chi connectivity index (χ1n) is 22.7. The van der Waals surface area contributed by atoms with Gasteiger partial charge in [0.15, 0.2) is 12.0 Å². The van der Waals surface area contributed by atoms with E-state index >= 15 is 0 Å². The fourth-order valence-corrected chi connectivity index (χ4v) is 7.89. The highest BCUT2D eigenvalue weighted by Gasteiger charge is 2.44. The lowest BCUT2D eigenvalue weighted by Crippen LogP contribution is -2.45. The minimum Gasteiger partial charge on any atom is -0.462 e. The molecule has 0 radical (unpaired) electrons.